The standard InChI is InChI=1S/C19H26N4O2/c24-18-20-12-16-13-22(9-10-23(16)18)19(25)21-17(11-14-5-4-6-14)15-7-2-1-3-8-15/h1-3,7-8,14,16-17H,4-6,9-13H2,(H,20,24)(H,21,25)/t16-,17-/m1/s1. The van der Waals surface area contributed by atoms with Gasteiger partial charge in [0.15, 0.2) is 0 Å². The van der Waals surface area contributed by atoms with Crippen molar-refractivity contribution in [2.24, 2.45) is 5.92 Å². The summed E-state index contributed by atoms with van der Waals surface area (Å²) in [6, 6.07) is 10.4. The van der Waals surface area contributed by atoms with Gasteiger partial charge in [-0.1, -0.05) is 49.6 Å². The van der Waals surface area contributed by atoms with Crippen molar-refractivity contribution in [3.63, 3.8) is 0 Å². The minimum Gasteiger partial charge on any atom is -0.336 e. The van der Waals surface area contributed by atoms with Crippen LogP contribution in [0.5, 0.6) is 0 Å². The van der Waals surface area contributed by atoms with Crippen LogP contribution in [-0.2, 0) is 0 Å². The molecule has 0 aromatic heterocycles. The number of piperazine rings is 1. The van der Waals surface area contributed by atoms with Crippen LogP contribution in [-0.4, -0.2) is 54.1 Å². The zero-order valence-electron chi connectivity index (χ0n) is 14.5. The van der Waals surface area contributed by atoms with Gasteiger partial charge in [0, 0.05) is 26.2 Å². The molecule has 6 heteroatoms. The number of nitrogens with zero attached hydrogens (tertiary/aromatic N) is 2. The first-order valence-corrected chi connectivity index (χ1v) is 9.35. The van der Waals surface area contributed by atoms with Crippen LogP contribution < -0.4 is 10.6 Å². The monoisotopic (exact) mass is 342 g/mol. The number of hydrogen-bond donors (Lipinski definition) is 2. The summed E-state index contributed by atoms with van der Waals surface area (Å²) in [5, 5.41) is 6.11. The molecule has 4 amide bonds. The van der Waals surface area contributed by atoms with E-state index in [9.17, 15) is 9.59 Å². The number of carbonyl (C=O) groups is 2. The number of nitrogens with one attached hydrogen (secondary N) is 2. The third-order valence-electron chi connectivity index (χ3n) is 5.81. The molecule has 4 rings (SSSR count). The van der Waals surface area contributed by atoms with Crippen LogP contribution in [0.15, 0.2) is 30.3 Å². The highest BCUT2D eigenvalue weighted by Crippen LogP contribution is 2.34. The molecule has 0 spiro atoms. The van der Waals surface area contributed by atoms with E-state index < -0.39 is 0 Å². The zero-order chi connectivity index (χ0) is 17.2. The molecule has 2 atom stereocenters. The Balaban J connectivity index is 1.40. The Morgan fingerprint density at radius 2 is 2.04 bits per heavy atom. The smallest absolute Gasteiger partial charge is 0.318 e. The Kier molecular flexibility index (Phi) is 4.51. The van der Waals surface area contributed by atoms with Gasteiger partial charge in [-0.3, -0.25) is 0 Å². The summed E-state index contributed by atoms with van der Waals surface area (Å²) in [7, 11) is 0. The van der Waals surface area contributed by atoms with Gasteiger partial charge in [0.1, 0.15) is 0 Å². The van der Waals surface area contributed by atoms with E-state index in [-0.39, 0.29) is 24.1 Å². The highest BCUT2D eigenvalue weighted by molar-refractivity contribution is 5.79. The van der Waals surface area contributed by atoms with E-state index in [1.165, 1.54) is 24.8 Å². The molecular formula is C19H26N4O2. The van der Waals surface area contributed by atoms with Crippen LogP contribution in [0.25, 0.3) is 0 Å². The molecule has 2 heterocycles. The molecule has 0 radical (unpaired) electrons. The Bertz CT molecular complexity index is 632. The molecule has 1 aromatic rings. The van der Waals surface area contributed by atoms with Crippen LogP contribution in [0.1, 0.15) is 37.3 Å². The van der Waals surface area contributed by atoms with Crippen LogP contribution in [0, 0.1) is 5.92 Å². The lowest BCUT2D eigenvalue weighted by molar-refractivity contribution is 0.126. The Labute approximate surface area is 148 Å². The minimum atomic E-state index is -0.00724. The zero-order valence-corrected chi connectivity index (χ0v) is 14.5. The third kappa shape index (κ3) is 3.43. The fourth-order valence-electron chi connectivity index (χ4n) is 4.05. The fourth-order valence-corrected chi connectivity index (χ4v) is 4.05. The van der Waals surface area contributed by atoms with E-state index in [4.69, 9.17) is 0 Å². The highest BCUT2D eigenvalue weighted by Gasteiger charge is 2.37. The van der Waals surface area contributed by atoms with Crippen LogP contribution >= 0.6 is 0 Å². The molecule has 1 aliphatic carbocycles. The molecule has 134 valence electrons. The summed E-state index contributed by atoms with van der Waals surface area (Å²) in [4.78, 5) is 28.2. The molecule has 3 fully saturated rings. The summed E-state index contributed by atoms with van der Waals surface area (Å²) < 4.78 is 0. The van der Waals surface area contributed by atoms with Crippen LogP contribution in [0.3, 0.4) is 0 Å². The predicted octanol–water partition coefficient (Wildman–Crippen LogP) is 2.34. The largest absolute Gasteiger partial charge is 0.336 e. The van der Waals surface area contributed by atoms with Gasteiger partial charge in [0.25, 0.3) is 0 Å². The first kappa shape index (κ1) is 16.2. The maximum Gasteiger partial charge on any atom is 0.318 e. The van der Waals surface area contributed by atoms with Gasteiger partial charge in [-0.15, -0.1) is 0 Å². The number of carbonyl (C=O) groups excluding carboxylic acids is 2. The summed E-state index contributed by atoms with van der Waals surface area (Å²) in [6.45, 7) is 2.45. The van der Waals surface area contributed by atoms with E-state index >= 15 is 0 Å². The van der Waals surface area contributed by atoms with E-state index in [1.54, 1.807) is 0 Å². The molecule has 3 aliphatic rings. The molecular weight excluding hydrogens is 316 g/mol. The van der Waals surface area contributed by atoms with Crippen molar-refractivity contribution >= 4 is 12.1 Å². The van der Waals surface area contributed by atoms with Crippen molar-refractivity contribution in [3.05, 3.63) is 35.9 Å². The lowest BCUT2D eigenvalue weighted by Gasteiger charge is -2.38. The lowest BCUT2D eigenvalue weighted by atomic mass is 9.79. The van der Waals surface area contributed by atoms with Gasteiger partial charge < -0.3 is 20.4 Å². The van der Waals surface area contributed by atoms with Crippen molar-refractivity contribution < 1.29 is 9.59 Å². The summed E-state index contributed by atoms with van der Waals surface area (Å²) >= 11 is 0. The number of amides is 4. The van der Waals surface area contributed by atoms with Gasteiger partial charge in [0.2, 0.25) is 0 Å². The van der Waals surface area contributed by atoms with Crippen LogP contribution in [0.2, 0.25) is 0 Å². The fraction of sp³-hybridized carbons (Fsp3) is 0.579. The number of fused-ring (bicyclic) bond motifs is 1. The number of urea groups is 2. The van der Waals surface area contributed by atoms with Gasteiger partial charge in [-0.2, -0.15) is 0 Å². The number of hydrogen-bond acceptors (Lipinski definition) is 2. The highest BCUT2D eigenvalue weighted by atomic mass is 16.2. The van der Waals surface area contributed by atoms with E-state index in [0.29, 0.717) is 26.2 Å². The molecule has 1 saturated carbocycles. The van der Waals surface area contributed by atoms with E-state index in [1.807, 2.05) is 28.0 Å². The van der Waals surface area contributed by atoms with Crippen molar-refractivity contribution in [2.75, 3.05) is 26.2 Å². The first-order chi connectivity index (χ1) is 12.2. The molecule has 1 aromatic carbocycles. The second kappa shape index (κ2) is 6.94. The second-order valence-corrected chi connectivity index (χ2v) is 7.42. The second-order valence-electron chi connectivity index (χ2n) is 7.42. The third-order valence-corrected chi connectivity index (χ3v) is 5.81. The van der Waals surface area contributed by atoms with Crippen molar-refractivity contribution in [1.82, 2.24) is 20.4 Å². The van der Waals surface area contributed by atoms with Gasteiger partial charge in [0.05, 0.1) is 12.1 Å². The van der Waals surface area contributed by atoms with E-state index in [2.05, 4.69) is 22.8 Å². The molecule has 2 N–H and O–H groups in total. The van der Waals surface area contributed by atoms with E-state index in [0.717, 1.165) is 12.3 Å². The Morgan fingerprint density at radius 3 is 2.76 bits per heavy atom. The lowest BCUT2D eigenvalue weighted by Crippen LogP contribution is -2.56. The quantitative estimate of drug-likeness (QED) is 0.882. The van der Waals surface area contributed by atoms with Crippen LogP contribution in [0.4, 0.5) is 9.59 Å². The molecule has 0 unspecified atom stereocenters. The average molecular weight is 342 g/mol. The maximum absolute atomic E-state index is 12.8. The molecule has 2 aliphatic heterocycles. The van der Waals surface area contributed by atoms with Crippen molar-refractivity contribution in [1.29, 1.82) is 0 Å². The molecule has 6 nitrogen and oxygen atoms in total. The summed E-state index contributed by atoms with van der Waals surface area (Å²) in [6.07, 6.45) is 4.87. The summed E-state index contributed by atoms with van der Waals surface area (Å²) in [5.74, 6) is 0.721. The maximum atomic E-state index is 12.8. The normalized spacial score (nSPS) is 24.3. The number of rotatable bonds is 4. The topological polar surface area (TPSA) is 64.7 Å². The SMILES string of the molecule is O=C(N[C@H](CC1CCC1)c1ccccc1)N1CCN2C(=O)NC[C@@H]2C1. The molecule has 2 saturated heterocycles. The Hall–Kier alpha value is -2.24. The van der Waals surface area contributed by atoms with Gasteiger partial charge in [-0.05, 0) is 17.9 Å². The summed E-state index contributed by atoms with van der Waals surface area (Å²) in [5.41, 5.74) is 1.18. The minimum absolute atomic E-state index is 0.00259. The first-order valence-electron chi connectivity index (χ1n) is 9.35. The molecule has 25 heavy (non-hydrogen) atoms. The van der Waals surface area contributed by atoms with Crippen molar-refractivity contribution in [3.8, 4) is 0 Å². The van der Waals surface area contributed by atoms with Crippen molar-refractivity contribution in [2.45, 2.75) is 37.8 Å². The number of benzene rings is 1. The predicted molar refractivity (Wildman–Crippen MR) is 95.1 cm³/mol. The Morgan fingerprint density at radius 1 is 1.24 bits per heavy atom. The van der Waals surface area contributed by atoms with Gasteiger partial charge >= 0.3 is 12.1 Å². The van der Waals surface area contributed by atoms with Gasteiger partial charge in [-0.25, -0.2) is 9.59 Å². The molecule has 0 bridgehead atoms. The average Bonchev–Trinajstić information content (AvgIpc) is 2.98.